The summed E-state index contributed by atoms with van der Waals surface area (Å²) < 4.78 is 5.41. The van der Waals surface area contributed by atoms with Crippen LogP contribution in [-0.2, 0) is 4.74 Å². The molecule has 2 unspecified atom stereocenters. The van der Waals surface area contributed by atoms with Crippen LogP contribution in [0.3, 0.4) is 0 Å². The van der Waals surface area contributed by atoms with Gasteiger partial charge in [0, 0.05) is 23.2 Å². The van der Waals surface area contributed by atoms with Crippen LogP contribution in [0, 0.1) is 12.8 Å². The van der Waals surface area contributed by atoms with Gasteiger partial charge in [0.1, 0.15) is 0 Å². The average Bonchev–Trinajstić information content (AvgIpc) is 2.37. The van der Waals surface area contributed by atoms with Gasteiger partial charge in [-0.15, -0.1) is 11.8 Å². The van der Waals surface area contributed by atoms with Crippen molar-refractivity contribution in [2.75, 3.05) is 19.0 Å². The Labute approximate surface area is 107 Å². The zero-order valence-corrected chi connectivity index (χ0v) is 11.1. The monoisotopic (exact) mass is 252 g/mol. The van der Waals surface area contributed by atoms with Crippen LogP contribution in [-0.4, -0.2) is 30.2 Å². The molecule has 2 nitrogen and oxygen atoms in total. The predicted octanol–water partition coefficient (Wildman–Crippen LogP) is 2.87. The van der Waals surface area contributed by atoms with Crippen LogP contribution in [0.1, 0.15) is 18.4 Å². The van der Waals surface area contributed by atoms with E-state index in [0.29, 0.717) is 5.92 Å². The molecule has 1 heterocycles. The molecule has 1 fully saturated rings. The summed E-state index contributed by atoms with van der Waals surface area (Å²) in [6.07, 6.45) is 1.92. The molecule has 17 heavy (non-hydrogen) atoms. The molecule has 1 aromatic carbocycles. The van der Waals surface area contributed by atoms with Crippen LogP contribution in [0.2, 0.25) is 0 Å². The van der Waals surface area contributed by atoms with Crippen molar-refractivity contribution in [3.05, 3.63) is 29.8 Å². The van der Waals surface area contributed by atoms with E-state index in [9.17, 15) is 5.11 Å². The predicted molar refractivity (Wildman–Crippen MR) is 71.5 cm³/mol. The van der Waals surface area contributed by atoms with Crippen LogP contribution >= 0.6 is 11.8 Å². The molecular formula is C14H20O2S. The first kappa shape index (κ1) is 12.9. The molecule has 0 amide bonds. The van der Waals surface area contributed by atoms with Gasteiger partial charge in [0.05, 0.1) is 12.7 Å². The number of aryl methyl sites for hydroxylation is 1. The lowest BCUT2D eigenvalue weighted by Crippen LogP contribution is -2.30. The topological polar surface area (TPSA) is 29.5 Å². The minimum Gasteiger partial charge on any atom is -0.392 e. The van der Waals surface area contributed by atoms with E-state index in [4.69, 9.17) is 4.74 Å². The summed E-state index contributed by atoms with van der Waals surface area (Å²) in [5, 5.41) is 10.1. The number of aliphatic hydroxyl groups excluding tert-OH is 1. The first-order valence-electron chi connectivity index (χ1n) is 6.21. The van der Waals surface area contributed by atoms with E-state index in [1.54, 1.807) is 11.8 Å². The van der Waals surface area contributed by atoms with E-state index in [2.05, 4.69) is 31.2 Å². The number of rotatable bonds is 4. The average molecular weight is 252 g/mol. The molecule has 0 radical (unpaired) electrons. The smallest absolute Gasteiger partial charge is 0.0684 e. The fraction of sp³-hybridized carbons (Fsp3) is 0.571. The first-order valence-corrected chi connectivity index (χ1v) is 7.19. The van der Waals surface area contributed by atoms with Gasteiger partial charge in [-0.3, -0.25) is 0 Å². The highest BCUT2D eigenvalue weighted by molar-refractivity contribution is 7.99. The number of ether oxygens (including phenoxy) is 1. The second-order valence-corrected chi connectivity index (χ2v) is 5.77. The summed E-state index contributed by atoms with van der Waals surface area (Å²) in [6, 6.07) is 8.42. The molecule has 2 rings (SSSR count). The fourth-order valence-corrected chi connectivity index (χ4v) is 3.17. The van der Waals surface area contributed by atoms with Crippen molar-refractivity contribution in [1.29, 1.82) is 0 Å². The second-order valence-electron chi connectivity index (χ2n) is 4.67. The number of benzene rings is 1. The van der Waals surface area contributed by atoms with E-state index in [0.717, 1.165) is 31.8 Å². The minimum atomic E-state index is -0.249. The van der Waals surface area contributed by atoms with Crippen LogP contribution in [0.4, 0.5) is 0 Å². The highest BCUT2D eigenvalue weighted by Gasteiger charge is 2.22. The third-order valence-electron chi connectivity index (χ3n) is 3.15. The summed E-state index contributed by atoms with van der Waals surface area (Å²) in [5.74, 6) is 1.08. The first-order chi connectivity index (χ1) is 8.25. The highest BCUT2D eigenvalue weighted by atomic mass is 32.2. The van der Waals surface area contributed by atoms with Crippen LogP contribution in [0.5, 0.6) is 0 Å². The lowest BCUT2D eigenvalue weighted by Gasteiger charge is -2.26. The third-order valence-corrected chi connectivity index (χ3v) is 4.25. The number of hydrogen-bond donors (Lipinski definition) is 1. The summed E-state index contributed by atoms with van der Waals surface area (Å²) in [7, 11) is 0. The molecule has 0 aliphatic carbocycles. The van der Waals surface area contributed by atoms with Gasteiger partial charge in [-0.05, 0) is 31.9 Å². The van der Waals surface area contributed by atoms with E-state index < -0.39 is 0 Å². The maximum absolute atomic E-state index is 10.1. The number of hydrogen-bond acceptors (Lipinski definition) is 3. The van der Waals surface area contributed by atoms with E-state index >= 15 is 0 Å². The van der Waals surface area contributed by atoms with Crippen LogP contribution in [0.25, 0.3) is 0 Å². The number of aliphatic hydroxyl groups is 1. The fourth-order valence-electron chi connectivity index (χ4n) is 2.09. The highest BCUT2D eigenvalue weighted by Crippen LogP contribution is 2.25. The Balaban J connectivity index is 1.80. The minimum absolute atomic E-state index is 0.249. The molecule has 3 heteroatoms. The second kappa shape index (κ2) is 6.43. The molecule has 1 aliphatic heterocycles. The van der Waals surface area contributed by atoms with Crippen molar-refractivity contribution in [1.82, 2.24) is 0 Å². The Morgan fingerprint density at radius 3 is 3.12 bits per heavy atom. The lowest BCUT2D eigenvalue weighted by atomic mass is 9.97. The largest absolute Gasteiger partial charge is 0.392 e. The van der Waals surface area contributed by atoms with Gasteiger partial charge in [0.2, 0.25) is 0 Å². The van der Waals surface area contributed by atoms with Gasteiger partial charge in [-0.1, -0.05) is 17.7 Å². The Hall–Kier alpha value is -0.510. The molecule has 1 aliphatic rings. The van der Waals surface area contributed by atoms with E-state index in [1.165, 1.54) is 10.5 Å². The zero-order chi connectivity index (χ0) is 12.1. The van der Waals surface area contributed by atoms with Gasteiger partial charge in [0.15, 0.2) is 0 Å². The standard InChI is InChI=1S/C14H20O2S/c1-11-4-2-6-13(8-11)17-10-14(15)12-5-3-7-16-9-12/h2,4,6,8,12,14-15H,3,5,7,9-10H2,1H3. The molecule has 0 saturated carbocycles. The Morgan fingerprint density at radius 2 is 2.41 bits per heavy atom. The molecule has 0 bridgehead atoms. The Morgan fingerprint density at radius 1 is 1.53 bits per heavy atom. The van der Waals surface area contributed by atoms with Gasteiger partial charge >= 0.3 is 0 Å². The molecule has 2 atom stereocenters. The van der Waals surface area contributed by atoms with Crippen molar-refractivity contribution < 1.29 is 9.84 Å². The molecule has 0 aromatic heterocycles. The van der Waals surface area contributed by atoms with Crippen LogP contribution < -0.4 is 0 Å². The van der Waals surface area contributed by atoms with Crippen molar-refractivity contribution in [3.8, 4) is 0 Å². The van der Waals surface area contributed by atoms with Crippen molar-refractivity contribution in [3.63, 3.8) is 0 Å². The van der Waals surface area contributed by atoms with Gasteiger partial charge in [-0.25, -0.2) is 0 Å². The maximum atomic E-state index is 10.1. The summed E-state index contributed by atoms with van der Waals surface area (Å²) in [6.45, 7) is 3.67. The van der Waals surface area contributed by atoms with Gasteiger partial charge < -0.3 is 9.84 Å². The molecule has 1 N–H and O–H groups in total. The molecule has 94 valence electrons. The molecular weight excluding hydrogens is 232 g/mol. The van der Waals surface area contributed by atoms with Crippen molar-refractivity contribution in [2.45, 2.75) is 30.8 Å². The summed E-state index contributed by atoms with van der Waals surface area (Å²) in [5.41, 5.74) is 1.27. The molecule has 1 saturated heterocycles. The van der Waals surface area contributed by atoms with E-state index in [1.807, 2.05) is 0 Å². The van der Waals surface area contributed by atoms with Crippen LogP contribution in [0.15, 0.2) is 29.2 Å². The molecule has 1 aromatic rings. The third kappa shape index (κ3) is 4.02. The van der Waals surface area contributed by atoms with Crippen molar-refractivity contribution in [2.24, 2.45) is 5.92 Å². The summed E-state index contributed by atoms with van der Waals surface area (Å²) >= 11 is 1.73. The normalized spacial score (nSPS) is 22.4. The Kier molecular flexibility index (Phi) is 4.89. The van der Waals surface area contributed by atoms with Gasteiger partial charge in [-0.2, -0.15) is 0 Å². The summed E-state index contributed by atoms with van der Waals surface area (Å²) in [4.78, 5) is 1.24. The SMILES string of the molecule is Cc1cccc(SCC(O)C2CCCOC2)c1. The maximum Gasteiger partial charge on any atom is 0.0684 e. The van der Waals surface area contributed by atoms with E-state index in [-0.39, 0.29) is 6.10 Å². The molecule has 0 spiro atoms. The Bertz CT molecular complexity index is 348. The quantitative estimate of drug-likeness (QED) is 0.836. The zero-order valence-electron chi connectivity index (χ0n) is 10.3. The van der Waals surface area contributed by atoms with Gasteiger partial charge in [0.25, 0.3) is 0 Å². The lowest BCUT2D eigenvalue weighted by molar-refractivity contribution is -0.0000398. The van der Waals surface area contributed by atoms with Crippen molar-refractivity contribution >= 4 is 11.8 Å². The number of thioether (sulfide) groups is 1.